The summed E-state index contributed by atoms with van der Waals surface area (Å²) in [6, 6.07) is 17.9. The molecule has 0 unspecified atom stereocenters. The van der Waals surface area contributed by atoms with Gasteiger partial charge in [-0.1, -0.05) is 79.9 Å². The average Bonchev–Trinajstić information content (AvgIpc) is 3.36. The first-order chi connectivity index (χ1) is 20.4. The minimum atomic E-state index is -0.704. The van der Waals surface area contributed by atoms with Crippen molar-refractivity contribution in [2.75, 3.05) is 26.7 Å². The van der Waals surface area contributed by atoms with Crippen molar-refractivity contribution in [3.63, 3.8) is 0 Å². The van der Waals surface area contributed by atoms with Crippen molar-refractivity contribution in [3.8, 4) is 0 Å². The number of rotatable bonds is 10. The van der Waals surface area contributed by atoms with Gasteiger partial charge >= 0.3 is 0 Å². The zero-order valence-corrected chi connectivity index (χ0v) is 25.9. The molecular formula is C33H44ClN5O4. The highest BCUT2D eigenvalue weighted by Crippen LogP contribution is 2.32. The second-order valence-corrected chi connectivity index (χ2v) is 11.9. The van der Waals surface area contributed by atoms with E-state index < -0.39 is 24.3 Å². The Morgan fingerprint density at radius 2 is 1.56 bits per heavy atom. The van der Waals surface area contributed by atoms with Crippen molar-refractivity contribution in [3.05, 3.63) is 71.8 Å². The molecule has 2 aromatic carbocycles. The summed E-state index contributed by atoms with van der Waals surface area (Å²) in [6.07, 6.45) is 5.37. The number of piperazine rings is 1. The van der Waals surface area contributed by atoms with Crippen molar-refractivity contribution in [1.82, 2.24) is 25.3 Å². The molecule has 1 aliphatic carbocycles. The van der Waals surface area contributed by atoms with Crippen LogP contribution in [0.2, 0.25) is 0 Å². The minimum absolute atomic E-state index is 0. The SMILES string of the molecule is CN[C@@H](C)C(=O)N[C@H](C(=O)N1CC(=O)N2[C@H](Cc3ccccc3)C(=O)N(CCc3ccccc3)C[C@@H]12)C1CCCCC1.Cl. The second kappa shape index (κ2) is 14.8. The summed E-state index contributed by atoms with van der Waals surface area (Å²) >= 11 is 0. The van der Waals surface area contributed by atoms with Gasteiger partial charge in [-0.25, -0.2) is 0 Å². The van der Waals surface area contributed by atoms with Gasteiger partial charge < -0.3 is 25.3 Å². The number of benzene rings is 2. The van der Waals surface area contributed by atoms with Crippen LogP contribution in [0.15, 0.2) is 60.7 Å². The lowest BCUT2D eigenvalue weighted by atomic mass is 9.83. The van der Waals surface area contributed by atoms with E-state index >= 15 is 0 Å². The summed E-state index contributed by atoms with van der Waals surface area (Å²) in [5.41, 5.74) is 2.09. The quantitative estimate of drug-likeness (QED) is 0.431. The lowest BCUT2D eigenvalue weighted by molar-refractivity contribution is -0.156. The lowest BCUT2D eigenvalue weighted by Crippen LogP contribution is -2.66. The topological polar surface area (TPSA) is 102 Å². The van der Waals surface area contributed by atoms with Crippen molar-refractivity contribution in [1.29, 1.82) is 0 Å². The Labute approximate surface area is 260 Å². The Morgan fingerprint density at radius 1 is 0.930 bits per heavy atom. The first kappa shape index (κ1) is 32.5. The smallest absolute Gasteiger partial charge is 0.247 e. The van der Waals surface area contributed by atoms with Crippen LogP contribution in [-0.2, 0) is 32.0 Å². The molecule has 1 saturated carbocycles. The number of carbonyl (C=O) groups excluding carboxylic acids is 4. The van der Waals surface area contributed by atoms with E-state index in [2.05, 4.69) is 10.6 Å². The van der Waals surface area contributed by atoms with Gasteiger partial charge in [0.15, 0.2) is 0 Å². The number of hydrogen-bond donors (Lipinski definition) is 2. The fraction of sp³-hybridized carbons (Fsp3) is 0.515. The van der Waals surface area contributed by atoms with Crippen LogP contribution in [0, 0.1) is 5.92 Å². The van der Waals surface area contributed by atoms with Gasteiger partial charge in [-0.2, -0.15) is 0 Å². The standard InChI is InChI=1S/C33H43N5O4.ClH/c1-23(34-2)31(40)35-30(26-16-10-5-11-17-26)33(42)37-22-29(39)38-27(20-25-14-8-4-9-15-25)32(41)36(21-28(37)38)19-18-24-12-6-3-7-13-24;/h3-4,6-9,12-15,23,26-28,30,34H,5,10-11,16-22H2,1-2H3,(H,35,40);1H/t23-,27+,28-,30-;/m0./s1. The highest BCUT2D eigenvalue weighted by Gasteiger charge is 2.52. The zero-order valence-electron chi connectivity index (χ0n) is 25.1. The molecule has 5 rings (SSSR count). The molecular weight excluding hydrogens is 566 g/mol. The van der Waals surface area contributed by atoms with Crippen LogP contribution in [0.4, 0.5) is 0 Å². The molecule has 3 fully saturated rings. The molecule has 0 aromatic heterocycles. The van der Waals surface area contributed by atoms with Crippen LogP contribution >= 0.6 is 12.4 Å². The van der Waals surface area contributed by atoms with Gasteiger partial charge in [-0.3, -0.25) is 19.2 Å². The van der Waals surface area contributed by atoms with Crippen LogP contribution in [0.1, 0.15) is 50.2 Å². The third-order valence-corrected chi connectivity index (χ3v) is 9.17. The summed E-state index contributed by atoms with van der Waals surface area (Å²) in [5.74, 6) is -0.747. The van der Waals surface area contributed by atoms with E-state index in [4.69, 9.17) is 0 Å². The minimum Gasteiger partial charge on any atom is -0.343 e. The Balaban J connectivity index is 0.00000423. The molecule has 10 heteroatoms. The molecule has 4 amide bonds. The zero-order chi connectivity index (χ0) is 29.6. The van der Waals surface area contributed by atoms with Gasteiger partial charge in [-0.05, 0) is 50.3 Å². The molecule has 9 nitrogen and oxygen atoms in total. The second-order valence-electron chi connectivity index (χ2n) is 11.9. The Kier molecular flexibility index (Phi) is 11.2. The molecule has 2 N–H and O–H groups in total. The third kappa shape index (κ3) is 7.39. The van der Waals surface area contributed by atoms with Crippen LogP contribution in [0.3, 0.4) is 0 Å². The molecule has 2 heterocycles. The molecule has 2 aliphatic heterocycles. The molecule has 2 saturated heterocycles. The molecule has 2 aromatic rings. The van der Waals surface area contributed by atoms with E-state index in [0.717, 1.165) is 43.2 Å². The first-order valence-corrected chi connectivity index (χ1v) is 15.3. The summed E-state index contributed by atoms with van der Waals surface area (Å²) in [5, 5.41) is 6.00. The first-order valence-electron chi connectivity index (χ1n) is 15.3. The van der Waals surface area contributed by atoms with Gasteiger partial charge in [0.1, 0.15) is 24.8 Å². The number of nitrogens with one attached hydrogen (secondary N) is 2. The number of carbonyl (C=O) groups is 4. The van der Waals surface area contributed by atoms with Crippen molar-refractivity contribution in [2.24, 2.45) is 5.92 Å². The lowest BCUT2D eigenvalue weighted by Gasteiger charge is -2.45. The number of amides is 4. The molecule has 0 bridgehead atoms. The predicted octanol–water partition coefficient (Wildman–Crippen LogP) is 2.77. The predicted molar refractivity (Wildman–Crippen MR) is 167 cm³/mol. The average molecular weight is 610 g/mol. The van der Waals surface area contributed by atoms with Crippen molar-refractivity contribution in [2.45, 2.75) is 76.2 Å². The third-order valence-electron chi connectivity index (χ3n) is 9.17. The van der Waals surface area contributed by atoms with Gasteiger partial charge in [0.05, 0.1) is 12.6 Å². The molecule has 4 atom stereocenters. The van der Waals surface area contributed by atoms with Crippen LogP contribution in [-0.4, -0.2) is 89.3 Å². The van der Waals surface area contributed by atoms with Gasteiger partial charge in [0.25, 0.3) is 0 Å². The van der Waals surface area contributed by atoms with E-state index in [9.17, 15) is 19.2 Å². The van der Waals surface area contributed by atoms with Crippen LogP contribution < -0.4 is 10.6 Å². The number of fused-ring (bicyclic) bond motifs is 1. The van der Waals surface area contributed by atoms with E-state index in [1.807, 2.05) is 65.6 Å². The van der Waals surface area contributed by atoms with E-state index in [0.29, 0.717) is 19.4 Å². The molecule has 0 spiro atoms. The number of nitrogens with zero attached hydrogens (tertiary/aromatic N) is 3. The normalized spacial score (nSPS) is 22.0. The summed E-state index contributed by atoms with van der Waals surface area (Å²) < 4.78 is 0. The monoisotopic (exact) mass is 609 g/mol. The summed E-state index contributed by atoms with van der Waals surface area (Å²) in [4.78, 5) is 59.9. The maximum Gasteiger partial charge on any atom is 0.247 e. The number of halogens is 1. The molecule has 232 valence electrons. The van der Waals surface area contributed by atoms with Gasteiger partial charge in [-0.15, -0.1) is 12.4 Å². The van der Waals surface area contributed by atoms with Crippen LogP contribution in [0.25, 0.3) is 0 Å². The van der Waals surface area contributed by atoms with Crippen molar-refractivity contribution >= 4 is 36.0 Å². The van der Waals surface area contributed by atoms with Crippen LogP contribution in [0.5, 0.6) is 0 Å². The van der Waals surface area contributed by atoms with Gasteiger partial charge in [0, 0.05) is 13.0 Å². The highest BCUT2D eigenvalue weighted by molar-refractivity contribution is 5.97. The van der Waals surface area contributed by atoms with Crippen molar-refractivity contribution < 1.29 is 19.2 Å². The molecule has 0 radical (unpaired) electrons. The number of hydrogen-bond acceptors (Lipinski definition) is 5. The van der Waals surface area contributed by atoms with E-state index in [-0.39, 0.29) is 55.0 Å². The van der Waals surface area contributed by atoms with E-state index in [1.165, 1.54) is 0 Å². The molecule has 3 aliphatic rings. The largest absolute Gasteiger partial charge is 0.343 e. The molecule has 43 heavy (non-hydrogen) atoms. The Morgan fingerprint density at radius 3 is 2.19 bits per heavy atom. The maximum absolute atomic E-state index is 14.3. The fourth-order valence-corrected chi connectivity index (χ4v) is 6.63. The Hall–Kier alpha value is -3.43. The summed E-state index contributed by atoms with van der Waals surface area (Å²) in [6.45, 7) is 2.43. The van der Waals surface area contributed by atoms with E-state index in [1.54, 1.807) is 23.8 Å². The Bertz CT molecular complexity index is 1260. The van der Waals surface area contributed by atoms with Gasteiger partial charge in [0.2, 0.25) is 23.6 Å². The number of likely N-dealkylation sites (N-methyl/N-ethyl adjacent to an activating group) is 1. The summed E-state index contributed by atoms with van der Waals surface area (Å²) in [7, 11) is 1.72. The highest BCUT2D eigenvalue weighted by atomic mass is 35.5. The maximum atomic E-state index is 14.3. The fourth-order valence-electron chi connectivity index (χ4n) is 6.63.